The third-order valence-corrected chi connectivity index (χ3v) is 3.77. The van der Waals surface area contributed by atoms with Gasteiger partial charge in [-0.05, 0) is 31.7 Å². The standard InChI is InChI=1S/C11H17F3N2O3/c1-9(8(18)19,11(12,13)14)16-7(17)5-10(6-15)3-2-4-10/h2-6,15H2,1H3,(H,16,17)(H,18,19). The van der Waals surface area contributed by atoms with Gasteiger partial charge in [-0.25, -0.2) is 4.79 Å². The number of hydrogen-bond donors (Lipinski definition) is 3. The number of hydrogen-bond acceptors (Lipinski definition) is 3. The molecule has 0 saturated heterocycles. The van der Waals surface area contributed by atoms with E-state index in [1.165, 1.54) is 0 Å². The molecule has 0 aromatic rings. The van der Waals surface area contributed by atoms with E-state index in [0.717, 1.165) is 6.42 Å². The van der Waals surface area contributed by atoms with Crippen molar-refractivity contribution in [2.24, 2.45) is 11.1 Å². The van der Waals surface area contributed by atoms with Gasteiger partial charge in [0, 0.05) is 6.42 Å². The maximum Gasteiger partial charge on any atom is 0.422 e. The number of alkyl halides is 3. The summed E-state index contributed by atoms with van der Waals surface area (Å²) in [6.45, 7) is 0.638. The Morgan fingerprint density at radius 2 is 1.89 bits per heavy atom. The van der Waals surface area contributed by atoms with Crippen molar-refractivity contribution in [2.75, 3.05) is 6.54 Å². The van der Waals surface area contributed by atoms with Crippen molar-refractivity contribution >= 4 is 11.9 Å². The van der Waals surface area contributed by atoms with Crippen LogP contribution in [0.2, 0.25) is 0 Å². The lowest BCUT2D eigenvalue weighted by atomic mass is 9.66. The van der Waals surface area contributed by atoms with E-state index < -0.39 is 29.0 Å². The van der Waals surface area contributed by atoms with E-state index in [4.69, 9.17) is 10.8 Å². The first-order valence-corrected chi connectivity index (χ1v) is 5.87. The molecule has 1 atom stereocenters. The number of halogens is 3. The molecule has 1 amide bonds. The zero-order valence-electron chi connectivity index (χ0n) is 10.5. The van der Waals surface area contributed by atoms with Crippen LogP contribution in [0.3, 0.4) is 0 Å². The van der Waals surface area contributed by atoms with E-state index in [2.05, 4.69) is 0 Å². The summed E-state index contributed by atoms with van der Waals surface area (Å²) in [6.07, 6.45) is -3.02. The number of nitrogens with two attached hydrogens (primary N) is 1. The van der Waals surface area contributed by atoms with Crippen LogP contribution >= 0.6 is 0 Å². The highest BCUT2D eigenvalue weighted by Gasteiger charge is 2.58. The largest absolute Gasteiger partial charge is 0.479 e. The van der Waals surface area contributed by atoms with Crippen LogP contribution in [-0.4, -0.2) is 35.2 Å². The van der Waals surface area contributed by atoms with Crippen molar-refractivity contribution in [3.05, 3.63) is 0 Å². The minimum absolute atomic E-state index is 0.178. The third-order valence-electron chi connectivity index (χ3n) is 3.77. The first kappa shape index (κ1) is 15.7. The van der Waals surface area contributed by atoms with Crippen LogP contribution in [0.15, 0.2) is 0 Å². The first-order valence-electron chi connectivity index (χ1n) is 5.87. The van der Waals surface area contributed by atoms with Crippen LogP contribution in [-0.2, 0) is 9.59 Å². The monoisotopic (exact) mass is 282 g/mol. The van der Waals surface area contributed by atoms with Crippen molar-refractivity contribution < 1.29 is 27.9 Å². The molecule has 0 aliphatic heterocycles. The van der Waals surface area contributed by atoms with E-state index in [-0.39, 0.29) is 13.0 Å². The van der Waals surface area contributed by atoms with E-state index >= 15 is 0 Å². The maximum absolute atomic E-state index is 12.7. The van der Waals surface area contributed by atoms with Gasteiger partial charge in [0.2, 0.25) is 11.4 Å². The average molecular weight is 282 g/mol. The zero-order valence-corrected chi connectivity index (χ0v) is 10.5. The number of nitrogens with one attached hydrogen (secondary N) is 1. The van der Waals surface area contributed by atoms with Crippen LogP contribution < -0.4 is 11.1 Å². The minimum atomic E-state index is -5.07. The number of carbonyl (C=O) groups excluding carboxylic acids is 1. The molecule has 0 aromatic carbocycles. The summed E-state index contributed by atoms with van der Waals surface area (Å²) < 4.78 is 38.1. The molecule has 0 heterocycles. The lowest BCUT2D eigenvalue weighted by Gasteiger charge is -2.41. The van der Waals surface area contributed by atoms with Gasteiger partial charge in [-0.15, -0.1) is 0 Å². The van der Waals surface area contributed by atoms with Crippen LogP contribution in [0.4, 0.5) is 13.2 Å². The Morgan fingerprint density at radius 3 is 2.16 bits per heavy atom. The fourth-order valence-corrected chi connectivity index (χ4v) is 2.04. The van der Waals surface area contributed by atoms with Gasteiger partial charge in [-0.2, -0.15) is 13.2 Å². The Balaban J connectivity index is 2.76. The molecule has 0 aromatic heterocycles. The molecule has 1 rings (SSSR count). The molecule has 1 unspecified atom stereocenters. The summed E-state index contributed by atoms with van der Waals surface area (Å²) in [7, 11) is 0. The molecule has 1 aliphatic carbocycles. The Bertz CT molecular complexity index is 374. The Labute approximate surface area is 108 Å². The molecule has 110 valence electrons. The molecule has 0 bridgehead atoms. The summed E-state index contributed by atoms with van der Waals surface area (Å²) in [5.74, 6) is -3.07. The highest BCUT2D eigenvalue weighted by atomic mass is 19.4. The number of carboxylic acids is 1. The topological polar surface area (TPSA) is 92.4 Å². The average Bonchev–Trinajstić information content (AvgIpc) is 2.21. The summed E-state index contributed by atoms with van der Waals surface area (Å²) in [5, 5.41) is 10.3. The second-order valence-electron chi connectivity index (χ2n) is 5.21. The summed E-state index contributed by atoms with van der Waals surface area (Å²) in [6, 6.07) is 0. The molecule has 5 nitrogen and oxygen atoms in total. The SMILES string of the molecule is CC(NC(=O)CC1(CN)CCC1)(C(=O)O)C(F)(F)F. The molecule has 19 heavy (non-hydrogen) atoms. The second kappa shape index (κ2) is 4.99. The third kappa shape index (κ3) is 2.99. The van der Waals surface area contributed by atoms with Gasteiger partial charge in [0.25, 0.3) is 0 Å². The summed E-state index contributed by atoms with van der Waals surface area (Å²) >= 11 is 0. The molecule has 1 fully saturated rings. The Morgan fingerprint density at radius 1 is 1.37 bits per heavy atom. The van der Waals surface area contributed by atoms with Gasteiger partial charge in [-0.1, -0.05) is 6.42 Å². The van der Waals surface area contributed by atoms with Crippen LogP contribution in [0.1, 0.15) is 32.6 Å². The lowest BCUT2D eigenvalue weighted by molar-refractivity contribution is -0.207. The smallest absolute Gasteiger partial charge is 0.422 e. The van der Waals surface area contributed by atoms with E-state index in [1.807, 2.05) is 0 Å². The van der Waals surface area contributed by atoms with Gasteiger partial charge < -0.3 is 16.2 Å². The van der Waals surface area contributed by atoms with Crippen molar-refractivity contribution in [3.63, 3.8) is 0 Å². The number of rotatable bonds is 5. The molecular weight excluding hydrogens is 265 g/mol. The summed E-state index contributed by atoms with van der Waals surface area (Å²) in [5.41, 5.74) is 1.76. The molecule has 1 saturated carbocycles. The minimum Gasteiger partial charge on any atom is -0.479 e. The highest BCUT2D eigenvalue weighted by molar-refractivity contribution is 5.87. The number of carbonyl (C=O) groups is 2. The van der Waals surface area contributed by atoms with E-state index in [9.17, 15) is 22.8 Å². The van der Waals surface area contributed by atoms with Crippen LogP contribution in [0.5, 0.6) is 0 Å². The molecule has 0 radical (unpaired) electrons. The molecule has 8 heteroatoms. The van der Waals surface area contributed by atoms with Crippen molar-refractivity contribution in [1.29, 1.82) is 0 Å². The maximum atomic E-state index is 12.7. The quantitative estimate of drug-likeness (QED) is 0.702. The van der Waals surface area contributed by atoms with Gasteiger partial charge in [-0.3, -0.25) is 4.79 Å². The number of carboxylic acid groups (broad SMARTS) is 1. The second-order valence-corrected chi connectivity index (χ2v) is 5.21. The molecule has 4 N–H and O–H groups in total. The predicted molar refractivity (Wildman–Crippen MR) is 60.2 cm³/mol. The molecule has 0 spiro atoms. The fraction of sp³-hybridized carbons (Fsp3) is 0.818. The Kier molecular flexibility index (Phi) is 4.14. The van der Waals surface area contributed by atoms with Crippen LogP contribution in [0.25, 0.3) is 0 Å². The number of aliphatic carboxylic acids is 1. The Hall–Kier alpha value is -1.31. The number of amides is 1. The van der Waals surface area contributed by atoms with Crippen molar-refractivity contribution in [2.45, 2.75) is 44.3 Å². The molecular formula is C11H17F3N2O3. The van der Waals surface area contributed by atoms with E-state index in [1.54, 1.807) is 5.32 Å². The van der Waals surface area contributed by atoms with Crippen LogP contribution in [0, 0.1) is 5.41 Å². The van der Waals surface area contributed by atoms with Gasteiger partial charge in [0.05, 0.1) is 0 Å². The first-order chi connectivity index (χ1) is 8.56. The zero-order chi connectivity index (χ0) is 14.9. The fourth-order valence-electron chi connectivity index (χ4n) is 2.04. The lowest BCUT2D eigenvalue weighted by Crippen LogP contribution is -2.62. The molecule has 1 aliphatic rings. The highest BCUT2D eigenvalue weighted by Crippen LogP contribution is 2.43. The van der Waals surface area contributed by atoms with Crippen molar-refractivity contribution in [1.82, 2.24) is 5.32 Å². The van der Waals surface area contributed by atoms with Gasteiger partial charge in [0.15, 0.2) is 0 Å². The van der Waals surface area contributed by atoms with Gasteiger partial charge in [0.1, 0.15) is 0 Å². The van der Waals surface area contributed by atoms with Crippen molar-refractivity contribution in [3.8, 4) is 0 Å². The normalized spacial score (nSPS) is 21.1. The summed E-state index contributed by atoms with van der Waals surface area (Å²) in [4.78, 5) is 22.4. The van der Waals surface area contributed by atoms with E-state index in [0.29, 0.717) is 19.8 Å². The van der Waals surface area contributed by atoms with Gasteiger partial charge >= 0.3 is 12.1 Å². The predicted octanol–water partition coefficient (Wildman–Crippen LogP) is 1.03.